The van der Waals surface area contributed by atoms with Crippen LogP contribution >= 0.6 is 0 Å². The van der Waals surface area contributed by atoms with Crippen molar-refractivity contribution in [1.29, 1.82) is 0 Å². The van der Waals surface area contributed by atoms with E-state index in [1.165, 1.54) is 6.92 Å². The molecule has 4 aromatic rings. The van der Waals surface area contributed by atoms with Gasteiger partial charge in [0.05, 0.1) is 25.4 Å². The number of benzene rings is 3. The number of nitrogens with zero attached hydrogens (tertiary/aromatic N) is 1. The van der Waals surface area contributed by atoms with Crippen LogP contribution in [-0.2, 0) is 9.59 Å². The molecular weight excluding hydrogens is 484 g/mol. The Balaban J connectivity index is 1.42. The predicted molar refractivity (Wildman–Crippen MR) is 134 cm³/mol. The molecule has 0 fully saturated rings. The summed E-state index contributed by atoms with van der Waals surface area (Å²) in [5, 5.41) is 5.64. The maximum absolute atomic E-state index is 13.8. The molecule has 2 amide bonds. The second kappa shape index (κ2) is 10.9. The Morgan fingerprint density at radius 1 is 0.838 bits per heavy atom. The maximum Gasteiger partial charge on any atom is 0.236 e. The third kappa shape index (κ3) is 5.75. The van der Waals surface area contributed by atoms with Crippen LogP contribution in [0.25, 0.3) is 10.9 Å². The van der Waals surface area contributed by atoms with Crippen LogP contribution in [-0.4, -0.2) is 31.0 Å². The van der Waals surface area contributed by atoms with Crippen LogP contribution in [0.4, 0.5) is 20.2 Å². The molecule has 0 aliphatic carbocycles. The van der Waals surface area contributed by atoms with E-state index < -0.39 is 29.4 Å². The van der Waals surface area contributed by atoms with Gasteiger partial charge in [0.2, 0.25) is 11.8 Å². The molecule has 4 rings (SSSR count). The summed E-state index contributed by atoms with van der Waals surface area (Å²) in [6, 6.07) is 14.5. The van der Waals surface area contributed by atoms with Crippen LogP contribution in [0, 0.1) is 17.6 Å². The van der Waals surface area contributed by atoms with Crippen molar-refractivity contribution in [3.8, 4) is 23.0 Å². The second-order valence-electron chi connectivity index (χ2n) is 7.98. The highest BCUT2D eigenvalue weighted by atomic mass is 19.1. The largest absolute Gasteiger partial charge is 0.493 e. The summed E-state index contributed by atoms with van der Waals surface area (Å²) in [6.45, 7) is 1.38. The van der Waals surface area contributed by atoms with Crippen LogP contribution in [0.15, 0.2) is 66.9 Å². The molecule has 0 radical (unpaired) electrons. The lowest BCUT2D eigenvalue weighted by Gasteiger charge is -2.14. The number of carbonyl (C=O) groups is 2. The van der Waals surface area contributed by atoms with Crippen LogP contribution in [0.3, 0.4) is 0 Å². The minimum Gasteiger partial charge on any atom is -0.493 e. The molecule has 0 saturated heterocycles. The molecule has 0 aliphatic rings. The van der Waals surface area contributed by atoms with Crippen molar-refractivity contribution in [2.24, 2.45) is 5.92 Å². The van der Waals surface area contributed by atoms with Crippen molar-refractivity contribution in [2.75, 3.05) is 24.9 Å². The minimum absolute atomic E-state index is 0.216. The Labute approximate surface area is 211 Å². The van der Waals surface area contributed by atoms with Gasteiger partial charge in [-0.2, -0.15) is 0 Å². The van der Waals surface area contributed by atoms with Crippen molar-refractivity contribution in [3.05, 3.63) is 78.5 Å². The quantitative estimate of drug-likeness (QED) is 0.304. The lowest BCUT2D eigenvalue weighted by atomic mass is 10.1. The fraction of sp³-hybridized carbons (Fsp3) is 0.148. The molecule has 190 valence electrons. The summed E-state index contributed by atoms with van der Waals surface area (Å²) in [7, 11) is 3.09. The minimum atomic E-state index is -1.14. The van der Waals surface area contributed by atoms with Crippen molar-refractivity contribution in [3.63, 3.8) is 0 Å². The molecule has 1 aromatic heterocycles. The Morgan fingerprint density at radius 2 is 1.51 bits per heavy atom. The second-order valence-corrected chi connectivity index (χ2v) is 7.98. The molecular formula is C27H23F2N3O5. The van der Waals surface area contributed by atoms with E-state index >= 15 is 0 Å². The number of ether oxygens (including phenoxy) is 3. The Kier molecular flexibility index (Phi) is 7.47. The summed E-state index contributed by atoms with van der Waals surface area (Å²) in [6.07, 6.45) is 1.61. The fourth-order valence-corrected chi connectivity index (χ4v) is 3.47. The standard InChI is InChI=1S/C27H23F2N3O5/c1-15(27(34)32-21-9-4-16(28)12-20(21)29)26(33)31-17-5-7-18(8-6-17)37-23-10-11-30-22-14-25(36-3)24(35-2)13-19(22)23/h4-15H,1-3H3,(H,31,33)(H,32,34). The molecule has 0 bridgehead atoms. The predicted octanol–water partition coefficient (Wildman–Crippen LogP) is 5.54. The van der Waals surface area contributed by atoms with Gasteiger partial charge in [-0.1, -0.05) is 0 Å². The number of carbonyl (C=O) groups excluding carboxylic acids is 2. The van der Waals surface area contributed by atoms with Crippen molar-refractivity contribution in [1.82, 2.24) is 4.98 Å². The van der Waals surface area contributed by atoms with Crippen LogP contribution < -0.4 is 24.8 Å². The highest BCUT2D eigenvalue weighted by Crippen LogP contribution is 2.37. The number of aromatic nitrogens is 1. The molecule has 1 unspecified atom stereocenters. The number of amides is 2. The normalized spacial score (nSPS) is 11.5. The number of hydrogen-bond donors (Lipinski definition) is 2. The summed E-state index contributed by atoms with van der Waals surface area (Å²) in [4.78, 5) is 29.2. The third-order valence-corrected chi connectivity index (χ3v) is 5.53. The monoisotopic (exact) mass is 507 g/mol. The van der Waals surface area contributed by atoms with Gasteiger partial charge < -0.3 is 24.8 Å². The molecule has 0 spiro atoms. The highest BCUT2D eigenvalue weighted by Gasteiger charge is 2.23. The lowest BCUT2D eigenvalue weighted by molar-refractivity contribution is -0.128. The lowest BCUT2D eigenvalue weighted by Crippen LogP contribution is -2.31. The first-order valence-corrected chi connectivity index (χ1v) is 11.1. The number of anilines is 2. The van der Waals surface area contributed by atoms with Gasteiger partial charge in [0.1, 0.15) is 29.1 Å². The zero-order valence-electron chi connectivity index (χ0n) is 20.2. The van der Waals surface area contributed by atoms with Gasteiger partial charge in [-0.15, -0.1) is 0 Å². The average molecular weight is 507 g/mol. The third-order valence-electron chi connectivity index (χ3n) is 5.53. The molecule has 1 heterocycles. The zero-order chi connectivity index (χ0) is 26.5. The van der Waals surface area contributed by atoms with Crippen molar-refractivity contribution in [2.45, 2.75) is 6.92 Å². The number of methoxy groups -OCH3 is 2. The molecule has 37 heavy (non-hydrogen) atoms. The number of halogens is 2. The van der Waals surface area contributed by atoms with E-state index in [-0.39, 0.29) is 5.69 Å². The van der Waals surface area contributed by atoms with Gasteiger partial charge >= 0.3 is 0 Å². The molecule has 0 saturated carbocycles. The fourth-order valence-electron chi connectivity index (χ4n) is 3.47. The van der Waals surface area contributed by atoms with Gasteiger partial charge in [-0.05, 0) is 55.5 Å². The summed E-state index contributed by atoms with van der Waals surface area (Å²) in [5.74, 6) is -2.07. The topological polar surface area (TPSA) is 98.8 Å². The molecule has 10 heteroatoms. The Hall–Kier alpha value is -4.73. The zero-order valence-corrected chi connectivity index (χ0v) is 20.2. The summed E-state index contributed by atoms with van der Waals surface area (Å²) in [5.41, 5.74) is 0.870. The van der Waals surface area contributed by atoms with E-state index in [1.54, 1.807) is 62.9 Å². The first kappa shape index (κ1) is 25.4. The summed E-state index contributed by atoms with van der Waals surface area (Å²) < 4.78 is 43.6. The number of pyridine rings is 1. The summed E-state index contributed by atoms with van der Waals surface area (Å²) >= 11 is 0. The van der Waals surface area contributed by atoms with Gasteiger partial charge in [0, 0.05) is 29.4 Å². The Bertz CT molecular complexity index is 1460. The van der Waals surface area contributed by atoms with E-state index in [4.69, 9.17) is 14.2 Å². The van der Waals surface area contributed by atoms with E-state index in [0.29, 0.717) is 40.3 Å². The number of fused-ring (bicyclic) bond motifs is 1. The number of nitrogens with one attached hydrogen (secondary N) is 2. The molecule has 8 nitrogen and oxygen atoms in total. The first-order chi connectivity index (χ1) is 17.8. The van der Waals surface area contributed by atoms with Crippen LogP contribution in [0.5, 0.6) is 23.0 Å². The first-order valence-electron chi connectivity index (χ1n) is 11.1. The van der Waals surface area contributed by atoms with E-state index in [9.17, 15) is 18.4 Å². The van der Waals surface area contributed by atoms with Gasteiger partial charge in [-0.3, -0.25) is 14.6 Å². The van der Waals surface area contributed by atoms with E-state index in [0.717, 1.165) is 17.5 Å². The highest BCUT2D eigenvalue weighted by molar-refractivity contribution is 6.10. The van der Waals surface area contributed by atoms with Crippen molar-refractivity contribution >= 4 is 34.1 Å². The van der Waals surface area contributed by atoms with Gasteiger partial charge in [0.15, 0.2) is 11.5 Å². The molecule has 3 aromatic carbocycles. The van der Waals surface area contributed by atoms with Crippen LogP contribution in [0.2, 0.25) is 0 Å². The average Bonchev–Trinajstić information content (AvgIpc) is 2.90. The van der Waals surface area contributed by atoms with E-state index in [2.05, 4.69) is 15.6 Å². The number of rotatable bonds is 8. The molecule has 0 aliphatic heterocycles. The van der Waals surface area contributed by atoms with Gasteiger partial charge in [0.25, 0.3) is 0 Å². The smallest absolute Gasteiger partial charge is 0.236 e. The van der Waals surface area contributed by atoms with E-state index in [1.807, 2.05) is 0 Å². The SMILES string of the molecule is COc1cc2nccc(Oc3ccc(NC(=O)C(C)C(=O)Nc4ccc(F)cc4F)cc3)c2cc1OC. The molecule has 2 N–H and O–H groups in total. The van der Waals surface area contributed by atoms with Crippen LogP contribution in [0.1, 0.15) is 6.92 Å². The van der Waals surface area contributed by atoms with Crippen molar-refractivity contribution < 1.29 is 32.6 Å². The number of hydrogen-bond acceptors (Lipinski definition) is 6. The molecule has 1 atom stereocenters. The Morgan fingerprint density at radius 3 is 2.19 bits per heavy atom. The van der Waals surface area contributed by atoms with Gasteiger partial charge in [-0.25, -0.2) is 8.78 Å². The maximum atomic E-state index is 13.8.